The fraction of sp³-hybridized carbons (Fsp3) is 0.600. The van der Waals surface area contributed by atoms with E-state index in [1.807, 2.05) is 38.1 Å². The summed E-state index contributed by atoms with van der Waals surface area (Å²) >= 11 is 0. The second-order valence-electron chi connectivity index (χ2n) is 14.2. The number of amides is 6. The number of hydrogen-bond acceptors (Lipinski definition) is 8. The van der Waals surface area contributed by atoms with Crippen LogP contribution in [0.5, 0.6) is 0 Å². The second kappa shape index (κ2) is 15.2. The first-order valence-electron chi connectivity index (χ1n) is 17.6. The number of aliphatic hydroxyl groups is 1. The number of carbonyl (C=O) groups excluding carboxylic acids is 6. The zero-order valence-electron chi connectivity index (χ0n) is 28.5. The molecular formula is C35H47N7O8. The Bertz CT molecular complexity index is 1630. The van der Waals surface area contributed by atoms with Crippen molar-refractivity contribution in [2.45, 2.75) is 101 Å². The quantitative estimate of drug-likeness (QED) is 0.240. The summed E-state index contributed by atoms with van der Waals surface area (Å²) in [4.78, 5) is 87.4. The second-order valence-corrected chi connectivity index (χ2v) is 14.2. The van der Waals surface area contributed by atoms with E-state index in [1.54, 1.807) is 6.20 Å². The molecule has 4 aliphatic rings. The predicted octanol–water partition coefficient (Wildman–Crippen LogP) is -0.527. The molecule has 2 bridgehead atoms. The van der Waals surface area contributed by atoms with Crippen molar-refractivity contribution in [3.05, 3.63) is 36.0 Å². The molecular weight excluding hydrogens is 646 g/mol. The molecule has 270 valence electrons. The van der Waals surface area contributed by atoms with Crippen LogP contribution in [0.3, 0.4) is 0 Å². The van der Waals surface area contributed by atoms with Crippen molar-refractivity contribution in [2.24, 2.45) is 5.92 Å². The van der Waals surface area contributed by atoms with E-state index >= 15 is 0 Å². The van der Waals surface area contributed by atoms with E-state index in [0.717, 1.165) is 16.5 Å². The lowest BCUT2D eigenvalue weighted by Crippen LogP contribution is -2.60. The van der Waals surface area contributed by atoms with Crippen molar-refractivity contribution in [3.8, 4) is 0 Å². The molecule has 4 aliphatic heterocycles. The number of carbonyl (C=O) groups is 6. The Morgan fingerprint density at radius 1 is 0.960 bits per heavy atom. The topological polar surface area (TPSA) is 202 Å². The lowest BCUT2D eigenvalue weighted by molar-refractivity contribution is -0.147. The van der Waals surface area contributed by atoms with Gasteiger partial charge in [-0.05, 0) is 49.7 Å². The normalized spacial score (nSPS) is 30.1. The van der Waals surface area contributed by atoms with E-state index in [9.17, 15) is 33.9 Å². The van der Waals surface area contributed by atoms with Gasteiger partial charge in [0.1, 0.15) is 36.4 Å². The highest BCUT2D eigenvalue weighted by Crippen LogP contribution is 2.24. The summed E-state index contributed by atoms with van der Waals surface area (Å²) in [6, 6.07) is 3.11. The molecule has 6 N–H and O–H groups in total. The van der Waals surface area contributed by atoms with Gasteiger partial charge in [0.15, 0.2) is 0 Å². The number of aromatic amines is 1. The molecule has 5 heterocycles. The first-order valence-corrected chi connectivity index (χ1v) is 17.6. The molecule has 4 saturated heterocycles. The lowest BCUT2D eigenvalue weighted by Gasteiger charge is -2.38. The average Bonchev–Trinajstić information content (AvgIpc) is 3.85. The van der Waals surface area contributed by atoms with Crippen LogP contribution in [-0.4, -0.2) is 124 Å². The molecule has 0 saturated carbocycles. The average molecular weight is 694 g/mol. The number of fused-ring (bicyclic) bond motifs is 4. The molecule has 1 aromatic heterocycles. The van der Waals surface area contributed by atoms with Crippen molar-refractivity contribution in [2.75, 3.05) is 26.2 Å². The van der Waals surface area contributed by atoms with E-state index in [2.05, 4.69) is 26.3 Å². The first-order chi connectivity index (χ1) is 24.0. The van der Waals surface area contributed by atoms with E-state index in [0.29, 0.717) is 25.7 Å². The third kappa shape index (κ3) is 7.78. The van der Waals surface area contributed by atoms with E-state index in [4.69, 9.17) is 4.74 Å². The first kappa shape index (κ1) is 35.3. The zero-order valence-corrected chi connectivity index (χ0v) is 28.5. The van der Waals surface area contributed by atoms with Crippen LogP contribution in [0.2, 0.25) is 0 Å². The number of nitrogens with one attached hydrogen (secondary N) is 5. The van der Waals surface area contributed by atoms with Crippen LogP contribution < -0.4 is 21.3 Å². The molecule has 2 aromatic rings. The number of aromatic nitrogens is 1. The highest BCUT2D eigenvalue weighted by Gasteiger charge is 2.42. The fourth-order valence-corrected chi connectivity index (χ4v) is 7.55. The number of para-hydroxylation sites is 1. The number of aliphatic hydroxyl groups excluding tert-OH is 1. The maximum absolute atomic E-state index is 14.4. The van der Waals surface area contributed by atoms with E-state index < -0.39 is 78.5 Å². The number of H-pyrrole nitrogens is 1. The molecule has 6 amide bonds. The van der Waals surface area contributed by atoms with Crippen LogP contribution >= 0.6 is 0 Å². The summed E-state index contributed by atoms with van der Waals surface area (Å²) in [7, 11) is 0. The molecule has 6 rings (SSSR count). The Kier molecular flexibility index (Phi) is 10.7. The summed E-state index contributed by atoms with van der Waals surface area (Å²) in [6.45, 7) is 3.64. The van der Waals surface area contributed by atoms with Gasteiger partial charge in [-0.2, -0.15) is 0 Å². The number of benzene rings is 1. The monoisotopic (exact) mass is 693 g/mol. The largest absolute Gasteiger partial charge is 0.388 e. The van der Waals surface area contributed by atoms with Crippen LogP contribution in [0, 0.1) is 5.92 Å². The van der Waals surface area contributed by atoms with Crippen LogP contribution in [-0.2, 0) is 39.9 Å². The SMILES string of the molecule is CC(C)C[C@H]1NC(=O)[C@H]2CCCN2C(=O)[C@@H](Cc2c[nH]c3ccccc23)NC(=O)CN(C(=O)[C@H]2CCC(=O)N2)C[C@H]2OCC[C@H](NC1=O)[C@@H]2O. The zero-order chi connectivity index (χ0) is 35.5. The molecule has 0 spiro atoms. The smallest absolute Gasteiger partial charge is 0.246 e. The van der Waals surface area contributed by atoms with Crippen LogP contribution in [0.4, 0.5) is 0 Å². The number of nitrogens with zero attached hydrogens (tertiary/aromatic N) is 2. The molecule has 0 aliphatic carbocycles. The Labute approximate surface area is 290 Å². The maximum atomic E-state index is 14.4. The van der Waals surface area contributed by atoms with Gasteiger partial charge in [0.25, 0.3) is 0 Å². The molecule has 15 nitrogen and oxygen atoms in total. The van der Waals surface area contributed by atoms with Crippen molar-refractivity contribution in [1.82, 2.24) is 36.1 Å². The Morgan fingerprint density at radius 2 is 1.76 bits per heavy atom. The van der Waals surface area contributed by atoms with E-state index in [-0.39, 0.29) is 50.8 Å². The summed E-state index contributed by atoms with van der Waals surface area (Å²) in [6.07, 6.45) is 1.66. The van der Waals surface area contributed by atoms with Crippen LogP contribution in [0.25, 0.3) is 10.9 Å². The molecule has 0 unspecified atom stereocenters. The number of rotatable bonds is 5. The number of hydrogen-bond donors (Lipinski definition) is 6. The number of ether oxygens (including phenoxy) is 1. The molecule has 4 fully saturated rings. The van der Waals surface area contributed by atoms with E-state index in [1.165, 1.54) is 9.80 Å². The Balaban J connectivity index is 1.35. The van der Waals surface area contributed by atoms with Gasteiger partial charge >= 0.3 is 0 Å². The molecule has 0 radical (unpaired) electrons. The summed E-state index contributed by atoms with van der Waals surface area (Å²) in [5.41, 5.74) is 1.64. The molecule has 50 heavy (non-hydrogen) atoms. The third-order valence-corrected chi connectivity index (χ3v) is 10.1. The molecule has 15 heteroatoms. The van der Waals surface area contributed by atoms with Crippen LogP contribution in [0.1, 0.15) is 57.9 Å². The predicted molar refractivity (Wildman–Crippen MR) is 180 cm³/mol. The van der Waals surface area contributed by atoms with Crippen molar-refractivity contribution in [3.63, 3.8) is 0 Å². The van der Waals surface area contributed by atoms with Gasteiger partial charge in [0, 0.05) is 43.1 Å². The Hall–Kier alpha value is -4.50. The minimum absolute atomic E-state index is 0.0419. The summed E-state index contributed by atoms with van der Waals surface area (Å²) in [5, 5.41) is 23.6. The van der Waals surface area contributed by atoms with Gasteiger partial charge in [-0.15, -0.1) is 0 Å². The van der Waals surface area contributed by atoms with Crippen molar-refractivity contribution < 1.29 is 38.6 Å². The maximum Gasteiger partial charge on any atom is 0.246 e. The van der Waals surface area contributed by atoms with Crippen LogP contribution in [0.15, 0.2) is 30.5 Å². The highest BCUT2D eigenvalue weighted by molar-refractivity contribution is 5.97. The minimum atomic E-state index is -1.24. The molecule has 1 aromatic carbocycles. The van der Waals surface area contributed by atoms with Gasteiger partial charge in [0.05, 0.1) is 19.1 Å². The summed E-state index contributed by atoms with van der Waals surface area (Å²) in [5.74, 6) is -2.76. The standard InChI is InChI=1S/C35H47N7O8/c1-19(2)14-25-32(46)39-23-11-13-50-28(31(23)45)17-41(34(48)24-9-10-29(43)37-24)18-30(44)38-26(15-20-16-36-22-7-4-3-6-21(20)22)35(49)42-12-5-8-27(42)33(47)40-25/h3-4,6-7,16,19,23-28,31,36,45H,5,8-15,17-18H2,1-2H3,(H,37,43)(H,38,44)(H,39,46)(H,40,47)/t23-,24+,25+,26+,27+,28+,31-/m0/s1. The van der Waals surface area contributed by atoms with Crippen molar-refractivity contribution in [1.29, 1.82) is 0 Å². The van der Waals surface area contributed by atoms with Gasteiger partial charge in [-0.1, -0.05) is 32.0 Å². The third-order valence-electron chi connectivity index (χ3n) is 10.1. The van der Waals surface area contributed by atoms with Crippen molar-refractivity contribution >= 4 is 46.3 Å². The van der Waals surface area contributed by atoms with Gasteiger partial charge in [-0.25, -0.2) is 0 Å². The van der Waals surface area contributed by atoms with Gasteiger partial charge in [-0.3, -0.25) is 28.8 Å². The minimum Gasteiger partial charge on any atom is -0.388 e. The Morgan fingerprint density at radius 3 is 2.52 bits per heavy atom. The fourth-order valence-electron chi connectivity index (χ4n) is 7.55. The highest BCUT2D eigenvalue weighted by atomic mass is 16.5. The van der Waals surface area contributed by atoms with Gasteiger partial charge in [0.2, 0.25) is 35.4 Å². The van der Waals surface area contributed by atoms with Gasteiger partial charge < -0.3 is 45.9 Å². The molecule has 7 atom stereocenters. The summed E-state index contributed by atoms with van der Waals surface area (Å²) < 4.78 is 5.88. The lowest BCUT2D eigenvalue weighted by atomic mass is 9.97.